The molecule has 0 radical (unpaired) electrons. The molecule has 0 saturated heterocycles. The Morgan fingerprint density at radius 3 is 2.77 bits per heavy atom. The van der Waals surface area contributed by atoms with Gasteiger partial charge in [-0.3, -0.25) is 0 Å². The number of nitrogens with zero attached hydrogens (tertiary/aromatic N) is 3. The van der Waals surface area contributed by atoms with Crippen LogP contribution in [0.15, 0.2) is 24.3 Å². The molecule has 4 rings (SSSR count). The summed E-state index contributed by atoms with van der Waals surface area (Å²) in [6.07, 6.45) is 6.94. The summed E-state index contributed by atoms with van der Waals surface area (Å²) < 4.78 is 5.98. The molecule has 2 aliphatic rings. The van der Waals surface area contributed by atoms with Crippen molar-refractivity contribution in [3.63, 3.8) is 0 Å². The molecular weight excluding hydrogens is 326 g/mol. The van der Waals surface area contributed by atoms with E-state index in [0.29, 0.717) is 19.1 Å². The number of benzene rings is 1. The molecule has 138 valence electrons. The Kier molecular flexibility index (Phi) is 5.07. The number of ether oxygens (including phenoxy) is 1. The molecule has 1 aromatic heterocycles. The van der Waals surface area contributed by atoms with Crippen molar-refractivity contribution in [2.24, 2.45) is 0 Å². The fraction of sp³-hybridized carbons (Fsp3) is 0.524. The average Bonchev–Trinajstić information content (AvgIpc) is 2.87. The van der Waals surface area contributed by atoms with Crippen molar-refractivity contribution in [1.82, 2.24) is 9.97 Å². The Hall–Kier alpha value is -2.14. The molecular formula is C21H27N3O2. The highest BCUT2D eigenvalue weighted by molar-refractivity contribution is 5.75. The van der Waals surface area contributed by atoms with Crippen molar-refractivity contribution in [3.05, 3.63) is 35.7 Å². The summed E-state index contributed by atoms with van der Waals surface area (Å²) in [5.41, 5.74) is 3.19. The molecule has 1 aliphatic carbocycles. The van der Waals surface area contributed by atoms with E-state index in [1.165, 1.54) is 32.1 Å². The summed E-state index contributed by atoms with van der Waals surface area (Å²) in [7, 11) is 2.00. The van der Waals surface area contributed by atoms with E-state index in [0.717, 1.165) is 40.6 Å². The minimum Gasteiger partial charge on any atom is -0.493 e. The standard InChI is InChI=1S/C21H27N3O2/c1-24(12-13-25)21-17-11-14-26-18-10-6-5-9-16(18)19(17)22-20(23-21)15-7-3-2-4-8-15/h5-6,9-10,15,25H,2-4,7-8,11-14H2,1H3. The molecule has 0 spiro atoms. The highest BCUT2D eigenvalue weighted by atomic mass is 16.5. The molecule has 5 nitrogen and oxygen atoms in total. The van der Waals surface area contributed by atoms with E-state index in [2.05, 4.69) is 11.0 Å². The minimum absolute atomic E-state index is 0.112. The molecule has 2 heterocycles. The number of aliphatic hydroxyl groups excluding tert-OH is 1. The number of fused-ring (bicyclic) bond motifs is 3. The van der Waals surface area contributed by atoms with Crippen LogP contribution in [-0.2, 0) is 6.42 Å². The van der Waals surface area contributed by atoms with Crippen LogP contribution in [0.25, 0.3) is 11.3 Å². The summed E-state index contributed by atoms with van der Waals surface area (Å²) in [5, 5.41) is 9.42. The van der Waals surface area contributed by atoms with Gasteiger partial charge in [0.05, 0.1) is 18.9 Å². The molecule has 1 aliphatic heterocycles. The molecule has 0 unspecified atom stereocenters. The van der Waals surface area contributed by atoms with Gasteiger partial charge in [-0.25, -0.2) is 9.97 Å². The van der Waals surface area contributed by atoms with Crippen LogP contribution in [0.3, 0.4) is 0 Å². The van der Waals surface area contributed by atoms with Crippen molar-refractivity contribution in [2.75, 3.05) is 31.7 Å². The first-order valence-corrected chi connectivity index (χ1v) is 9.73. The lowest BCUT2D eigenvalue weighted by Crippen LogP contribution is -2.25. The van der Waals surface area contributed by atoms with E-state index < -0.39 is 0 Å². The topological polar surface area (TPSA) is 58.5 Å². The van der Waals surface area contributed by atoms with Crippen LogP contribution < -0.4 is 9.64 Å². The smallest absolute Gasteiger partial charge is 0.136 e. The van der Waals surface area contributed by atoms with Gasteiger partial charge in [0.2, 0.25) is 0 Å². The van der Waals surface area contributed by atoms with Gasteiger partial charge in [-0.1, -0.05) is 31.4 Å². The Bertz CT molecular complexity index is 772. The van der Waals surface area contributed by atoms with Gasteiger partial charge < -0.3 is 14.7 Å². The van der Waals surface area contributed by atoms with Crippen molar-refractivity contribution < 1.29 is 9.84 Å². The average molecular weight is 353 g/mol. The highest BCUT2D eigenvalue weighted by Gasteiger charge is 2.26. The molecule has 26 heavy (non-hydrogen) atoms. The van der Waals surface area contributed by atoms with E-state index in [-0.39, 0.29) is 6.61 Å². The van der Waals surface area contributed by atoms with Crippen molar-refractivity contribution >= 4 is 5.82 Å². The maximum Gasteiger partial charge on any atom is 0.136 e. The van der Waals surface area contributed by atoms with Crippen LogP contribution in [0.2, 0.25) is 0 Å². The summed E-state index contributed by atoms with van der Waals surface area (Å²) in [6.45, 7) is 1.30. The number of para-hydroxylation sites is 1. The molecule has 0 atom stereocenters. The predicted molar refractivity (Wildman–Crippen MR) is 103 cm³/mol. The Balaban J connectivity index is 1.87. The summed E-state index contributed by atoms with van der Waals surface area (Å²) in [6, 6.07) is 8.15. The van der Waals surface area contributed by atoms with Gasteiger partial charge in [0, 0.05) is 37.1 Å². The molecule has 5 heteroatoms. The zero-order valence-electron chi connectivity index (χ0n) is 15.4. The maximum absolute atomic E-state index is 9.42. The van der Waals surface area contributed by atoms with Gasteiger partial charge in [0.1, 0.15) is 17.4 Å². The van der Waals surface area contributed by atoms with Gasteiger partial charge in [0.25, 0.3) is 0 Å². The largest absolute Gasteiger partial charge is 0.493 e. The zero-order valence-corrected chi connectivity index (χ0v) is 15.4. The maximum atomic E-state index is 9.42. The molecule has 1 saturated carbocycles. The first-order chi connectivity index (χ1) is 12.8. The number of hydrogen-bond acceptors (Lipinski definition) is 5. The monoisotopic (exact) mass is 353 g/mol. The second kappa shape index (κ2) is 7.62. The SMILES string of the molecule is CN(CCO)c1nc(C2CCCCC2)nc2c1CCOc1ccccc1-2. The van der Waals surface area contributed by atoms with Gasteiger partial charge in [0.15, 0.2) is 0 Å². The second-order valence-electron chi connectivity index (χ2n) is 7.31. The second-order valence-corrected chi connectivity index (χ2v) is 7.31. The predicted octanol–water partition coefficient (Wildman–Crippen LogP) is 3.55. The number of anilines is 1. The van der Waals surface area contributed by atoms with E-state index in [4.69, 9.17) is 14.7 Å². The number of aliphatic hydroxyl groups is 1. The molecule has 1 N–H and O–H groups in total. The quantitative estimate of drug-likeness (QED) is 0.911. The zero-order chi connectivity index (χ0) is 17.9. The van der Waals surface area contributed by atoms with Crippen LogP contribution in [0.1, 0.15) is 49.4 Å². The Labute approximate surface area is 155 Å². The van der Waals surface area contributed by atoms with Crippen LogP contribution in [0.4, 0.5) is 5.82 Å². The normalized spacial score (nSPS) is 17.0. The van der Waals surface area contributed by atoms with Crippen molar-refractivity contribution in [1.29, 1.82) is 0 Å². The third-order valence-electron chi connectivity index (χ3n) is 5.52. The van der Waals surface area contributed by atoms with Gasteiger partial charge >= 0.3 is 0 Å². The number of hydrogen-bond donors (Lipinski definition) is 1. The first kappa shape index (κ1) is 17.3. The van der Waals surface area contributed by atoms with E-state index in [9.17, 15) is 5.11 Å². The van der Waals surface area contributed by atoms with Crippen LogP contribution in [-0.4, -0.2) is 41.9 Å². The lowest BCUT2D eigenvalue weighted by atomic mass is 9.88. The molecule has 0 amide bonds. The summed E-state index contributed by atoms with van der Waals surface area (Å²) in [4.78, 5) is 12.1. The van der Waals surface area contributed by atoms with Gasteiger partial charge in [-0.2, -0.15) is 0 Å². The lowest BCUT2D eigenvalue weighted by molar-refractivity contribution is 0.303. The Morgan fingerprint density at radius 2 is 1.96 bits per heavy atom. The fourth-order valence-corrected chi connectivity index (χ4v) is 4.11. The lowest BCUT2D eigenvalue weighted by Gasteiger charge is -2.26. The Morgan fingerprint density at radius 1 is 1.15 bits per heavy atom. The fourth-order valence-electron chi connectivity index (χ4n) is 4.11. The molecule has 0 bridgehead atoms. The number of rotatable bonds is 4. The summed E-state index contributed by atoms with van der Waals surface area (Å²) in [5.74, 6) is 3.24. The van der Waals surface area contributed by atoms with Crippen molar-refractivity contribution in [3.8, 4) is 17.0 Å². The van der Waals surface area contributed by atoms with E-state index in [1.54, 1.807) is 0 Å². The van der Waals surface area contributed by atoms with Gasteiger partial charge in [-0.05, 0) is 25.0 Å². The van der Waals surface area contributed by atoms with E-state index >= 15 is 0 Å². The molecule has 1 fully saturated rings. The first-order valence-electron chi connectivity index (χ1n) is 9.73. The van der Waals surface area contributed by atoms with Crippen LogP contribution in [0.5, 0.6) is 5.75 Å². The minimum atomic E-state index is 0.112. The third kappa shape index (κ3) is 3.28. The molecule has 1 aromatic carbocycles. The van der Waals surface area contributed by atoms with E-state index in [1.807, 2.05) is 25.2 Å². The third-order valence-corrected chi connectivity index (χ3v) is 5.52. The van der Waals surface area contributed by atoms with Gasteiger partial charge in [-0.15, -0.1) is 0 Å². The number of likely N-dealkylation sites (N-methyl/N-ethyl adjacent to an activating group) is 1. The highest BCUT2D eigenvalue weighted by Crippen LogP contribution is 2.39. The molecule has 2 aromatic rings. The van der Waals surface area contributed by atoms with Crippen molar-refractivity contribution in [2.45, 2.75) is 44.4 Å². The summed E-state index contributed by atoms with van der Waals surface area (Å²) >= 11 is 0. The van der Waals surface area contributed by atoms with Crippen LogP contribution in [0, 0.1) is 0 Å². The number of aromatic nitrogens is 2. The van der Waals surface area contributed by atoms with Crippen LogP contribution >= 0.6 is 0 Å².